The molecular weight excluding hydrogens is 597 g/mol. The van der Waals surface area contributed by atoms with Crippen molar-refractivity contribution in [2.75, 3.05) is 10.2 Å². The fraction of sp³-hybridized carbons (Fsp3) is 0. The second-order valence-electron chi connectivity index (χ2n) is 12.4. The van der Waals surface area contributed by atoms with Crippen LogP contribution in [0.2, 0.25) is 0 Å². The lowest BCUT2D eigenvalue weighted by Crippen LogP contribution is -2.11. The van der Waals surface area contributed by atoms with Crippen LogP contribution in [0, 0.1) is 0 Å². The number of para-hydroxylation sites is 4. The lowest BCUT2D eigenvalue weighted by molar-refractivity contribution is 0.670. The third-order valence-corrected chi connectivity index (χ3v) is 9.35. The number of nitrogens with one attached hydrogen (secondary N) is 1. The van der Waals surface area contributed by atoms with Crippen LogP contribution in [0.1, 0.15) is 11.1 Å². The molecule has 2 heterocycles. The predicted molar refractivity (Wildman–Crippen MR) is 208 cm³/mol. The third kappa shape index (κ3) is 5.18. The summed E-state index contributed by atoms with van der Waals surface area (Å²) in [4.78, 5) is 2.24. The fourth-order valence-electron chi connectivity index (χ4n) is 6.93. The van der Waals surface area contributed by atoms with Gasteiger partial charge in [-0.15, -0.1) is 0 Å². The maximum absolute atomic E-state index is 6.56. The molecule has 1 aliphatic heterocycles. The lowest BCUT2D eigenvalue weighted by Gasteiger charge is -2.26. The Bertz CT molecular complexity index is 2610. The lowest BCUT2D eigenvalue weighted by atomic mass is 9.93. The quantitative estimate of drug-likeness (QED) is 0.206. The number of benzene rings is 7. The van der Waals surface area contributed by atoms with Crippen molar-refractivity contribution in [3.05, 3.63) is 194 Å². The number of fused-ring (bicyclic) bond motifs is 5. The van der Waals surface area contributed by atoms with Crippen LogP contribution in [-0.4, -0.2) is 0 Å². The van der Waals surface area contributed by atoms with Gasteiger partial charge in [0.2, 0.25) is 0 Å². The molecule has 3 nitrogen and oxygen atoms in total. The average Bonchev–Trinajstić information content (AvgIpc) is 3.54. The van der Waals surface area contributed by atoms with E-state index in [-0.39, 0.29) is 0 Å². The van der Waals surface area contributed by atoms with Gasteiger partial charge in [0.15, 0.2) is 0 Å². The number of hydrogen-bond donors (Lipinski definition) is 1. The van der Waals surface area contributed by atoms with E-state index in [1.165, 1.54) is 10.8 Å². The Balaban J connectivity index is 1.22. The third-order valence-electron chi connectivity index (χ3n) is 9.35. The summed E-state index contributed by atoms with van der Waals surface area (Å²) in [6.45, 7) is 4.54. The number of anilines is 4. The average molecular weight is 629 g/mol. The van der Waals surface area contributed by atoms with Crippen LogP contribution < -0.4 is 10.2 Å². The van der Waals surface area contributed by atoms with Gasteiger partial charge in [-0.3, -0.25) is 0 Å². The van der Waals surface area contributed by atoms with E-state index in [0.29, 0.717) is 0 Å². The van der Waals surface area contributed by atoms with Crippen LogP contribution in [0.5, 0.6) is 0 Å². The van der Waals surface area contributed by atoms with Crippen LogP contribution in [0.4, 0.5) is 22.7 Å². The van der Waals surface area contributed by atoms with E-state index in [0.717, 1.165) is 78.1 Å². The zero-order valence-electron chi connectivity index (χ0n) is 26.8. The van der Waals surface area contributed by atoms with Gasteiger partial charge in [-0.1, -0.05) is 116 Å². The molecule has 3 heteroatoms. The minimum absolute atomic E-state index is 0.873. The summed E-state index contributed by atoms with van der Waals surface area (Å²) >= 11 is 0. The first-order valence-corrected chi connectivity index (χ1v) is 16.5. The highest BCUT2D eigenvalue weighted by Gasteiger charge is 2.19. The van der Waals surface area contributed by atoms with Gasteiger partial charge in [0, 0.05) is 50.7 Å². The Labute approximate surface area is 285 Å². The molecule has 0 spiro atoms. The van der Waals surface area contributed by atoms with E-state index >= 15 is 0 Å². The Morgan fingerprint density at radius 3 is 2.24 bits per heavy atom. The van der Waals surface area contributed by atoms with Crippen molar-refractivity contribution in [2.24, 2.45) is 0 Å². The first-order valence-electron chi connectivity index (χ1n) is 16.5. The van der Waals surface area contributed by atoms with Crippen molar-refractivity contribution in [1.29, 1.82) is 0 Å². The van der Waals surface area contributed by atoms with E-state index in [1.807, 2.05) is 18.2 Å². The summed E-state index contributed by atoms with van der Waals surface area (Å²) in [5.74, 6) is 0. The molecule has 0 fully saturated rings. The molecule has 1 N–H and O–H groups in total. The summed E-state index contributed by atoms with van der Waals surface area (Å²) < 4.78 is 6.56. The number of rotatable bonds is 5. The molecule has 9 rings (SSSR count). The first-order chi connectivity index (χ1) is 24.2. The molecule has 232 valence electrons. The second-order valence-corrected chi connectivity index (χ2v) is 12.4. The Morgan fingerprint density at radius 1 is 0.571 bits per heavy atom. The summed E-state index contributed by atoms with van der Waals surface area (Å²) in [6.07, 6.45) is 6.54. The highest BCUT2D eigenvalue weighted by Crippen LogP contribution is 2.42. The van der Waals surface area contributed by atoms with E-state index in [2.05, 4.69) is 175 Å². The van der Waals surface area contributed by atoms with Gasteiger partial charge in [0.25, 0.3) is 0 Å². The van der Waals surface area contributed by atoms with Gasteiger partial charge in [0.05, 0.1) is 5.69 Å². The highest BCUT2D eigenvalue weighted by atomic mass is 16.3. The summed E-state index contributed by atoms with van der Waals surface area (Å²) in [7, 11) is 0. The summed E-state index contributed by atoms with van der Waals surface area (Å²) in [5, 5.41) is 8.38. The SMILES string of the molecule is C=C1/C=C(c2ccc(Nc3ccc4ccccc4c3)c(-c3cccc4c3oc3ccccc34)c2)\C=C/N(c2ccccc2)c2ccccc21. The molecular formula is C46H32N2O. The van der Waals surface area contributed by atoms with E-state index in [4.69, 9.17) is 4.42 Å². The molecule has 0 aliphatic carbocycles. The van der Waals surface area contributed by atoms with Crippen LogP contribution in [0.15, 0.2) is 187 Å². The minimum Gasteiger partial charge on any atom is -0.455 e. The van der Waals surface area contributed by atoms with Gasteiger partial charge in [0.1, 0.15) is 11.2 Å². The molecule has 0 amide bonds. The topological polar surface area (TPSA) is 28.4 Å². The van der Waals surface area contributed by atoms with Gasteiger partial charge >= 0.3 is 0 Å². The fourth-order valence-corrected chi connectivity index (χ4v) is 6.93. The summed E-state index contributed by atoms with van der Waals surface area (Å²) in [6, 6.07) is 55.2. The predicted octanol–water partition coefficient (Wildman–Crippen LogP) is 12.9. The Hall–Kier alpha value is -6.58. The minimum atomic E-state index is 0.873. The van der Waals surface area contributed by atoms with Crippen molar-refractivity contribution < 1.29 is 4.42 Å². The number of furan rings is 1. The number of nitrogens with zero attached hydrogens (tertiary/aromatic N) is 1. The number of allylic oxidation sites excluding steroid dienone is 4. The van der Waals surface area contributed by atoms with Gasteiger partial charge in [-0.05, 0) is 88.2 Å². The molecule has 7 aromatic carbocycles. The van der Waals surface area contributed by atoms with Crippen molar-refractivity contribution in [2.45, 2.75) is 0 Å². The van der Waals surface area contributed by atoms with Crippen LogP contribution >= 0.6 is 0 Å². The van der Waals surface area contributed by atoms with E-state index < -0.39 is 0 Å². The van der Waals surface area contributed by atoms with E-state index in [1.54, 1.807) is 0 Å². The molecule has 49 heavy (non-hydrogen) atoms. The largest absolute Gasteiger partial charge is 0.455 e. The first kappa shape index (κ1) is 28.6. The molecule has 0 saturated carbocycles. The van der Waals surface area contributed by atoms with Crippen molar-refractivity contribution in [3.63, 3.8) is 0 Å². The van der Waals surface area contributed by atoms with Crippen LogP contribution in [-0.2, 0) is 0 Å². The molecule has 8 aromatic rings. The molecule has 0 atom stereocenters. The Kier molecular flexibility index (Phi) is 6.95. The normalized spacial score (nSPS) is 14.7. The monoisotopic (exact) mass is 628 g/mol. The molecule has 0 saturated heterocycles. The molecule has 1 aliphatic rings. The maximum Gasteiger partial charge on any atom is 0.143 e. The molecule has 0 bridgehead atoms. The zero-order valence-corrected chi connectivity index (χ0v) is 26.8. The van der Waals surface area contributed by atoms with E-state index in [9.17, 15) is 0 Å². The smallest absolute Gasteiger partial charge is 0.143 e. The van der Waals surface area contributed by atoms with Crippen molar-refractivity contribution in [1.82, 2.24) is 0 Å². The number of hydrogen-bond acceptors (Lipinski definition) is 3. The van der Waals surface area contributed by atoms with Gasteiger partial charge in [-0.25, -0.2) is 0 Å². The highest BCUT2D eigenvalue weighted by molar-refractivity contribution is 6.11. The maximum atomic E-state index is 6.56. The van der Waals surface area contributed by atoms with Crippen molar-refractivity contribution in [3.8, 4) is 11.1 Å². The standard InChI is InChI=1S/C46H32N2O/c1-31-28-35(26-27-48(37-14-3-2-4-15-37)44-20-9-7-16-38(31)44)34-23-25-43(47-36-24-22-32-12-5-6-13-33(32)29-36)42(30-34)41-19-11-18-40-39-17-8-10-21-45(39)49-46(40)41/h2-30,47H,1H2/b27-26-,35-28+. The van der Waals surface area contributed by atoms with Gasteiger partial charge < -0.3 is 14.6 Å². The Morgan fingerprint density at radius 2 is 1.33 bits per heavy atom. The van der Waals surface area contributed by atoms with Crippen LogP contribution in [0.3, 0.4) is 0 Å². The summed E-state index contributed by atoms with van der Waals surface area (Å²) in [5.41, 5.74) is 12.2. The van der Waals surface area contributed by atoms with Crippen LogP contribution in [0.25, 0.3) is 55.0 Å². The zero-order chi connectivity index (χ0) is 32.7. The van der Waals surface area contributed by atoms with Gasteiger partial charge in [-0.2, -0.15) is 0 Å². The molecule has 0 unspecified atom stereocenters. The second kappa shape index (κ2) is 11.9. The van der Waals surface area contributed by atoms with Crippen molar-refractivity contribution >= 4 is 66.6 Å². The molecule has 1 aromatic heterocycles. The molecule has 0 radical (unpaired) electrons.